The number of rotatable bonds is 5. The van der Waals surface area contributed by atoms with Crippen LogP contribution in [-0.2, 0) is 18.4 Å². The van der Waals surface area contributed by atoms with Crippen LogP contribution in [0.5, 0.6) is 0 Å². The molecule has 1 aromatic carbocycles. The molecule has 4 heterocycles. The van der Waals surface area contributed by atoms with E-state index in [2.05, 4.69) is 25.3 Å². The van der Waals surface area contributed by atoms with E-state index in [0.717, 1.165) is 41.1 Å². The highest BCUT2D eigenvalue weighted by Gasteiger charge is 2.26. The Hall–Kier alpha value is -3.75. The molecule has 5 rings (SSSR count). The van der Waals surface area contributed by atoms with E-state index in [1.54, 1.807) is 17.1 Å². The fraction of sp³-hybridized carbons (Fsp3) is 0.318. The van der Waals surface area contributed by atoms with E-state index in [-0.39, 0.29) is 18.5 Å². The van der Waals surface area contributed by atoms with Gasteiger partial charge in [0.1, 0.15) is 12.4 Å². The number of benzene rings is 1. The molecule has 1 fully saturated rings. The van der Waals surface area contributed by atoms with Crippen molar-refractivity contribution in [1.29, 1.82) is 0 Å². The fourth-order valence-electron chi connectivity index (χ4n) is 4.09. The second-order valence-corrected chi connectivity index (χ2v) is 7.88. The zero-order chi connectivity index (χ0) is 21.4. The van der Waals surface area contributed by atoms with Gasteiger partial charge in [0.2, 0.25) is 11.9 Å². The highest BCUT2D eigenvalue weighted by molar-refractivity contribution is 5.81. The molecule has 4 aromatic rings. The smallest absolute Gasteiger partial charge is 0.240 e. The highest BCUT2D eigenvalue weighted by atomic mass is 16.2. The highest BCUT2D eigenvalue weighted by Crippen LogP contribution is 2.21. The Morgan fingerprint density at radius 1 is 1.23 bits per heavy atom. The van der Waals surface area contributed by atoms with Gasteiger partial charge in [0, 0.05) is 44.1 Å². The Morgan fingerprint density at radius 3 is 2.94 bits per heavy atom. The molecule has 9 heteroatoms. The molecule has 9 nitrogen and oxygen atoms in total. The molecule has 1 atom stereocenters. The first-order valence-electron chi connectivity index (χ1n) is 10.3. The Balaban J connectivity index is 1.24. The summed E-state index contributed by atoms with van der Waals surface area (Å²) >= 11 is 0. The van der Waals surface area contributed by atoms with E-state index < -0.39 is 0 Å². The third-order valence-corrected chi connectivity index (χ3v) is 5.63. The van der Waals surface area contributed by atoms with Crippen LogP contribution in [0.2, 0.25) is 0 Å². The lowest BCUT2D eigenvalue weighted by atomic mass is 10.2. The van der Waals surface area contributed by atoms with Gasteiger partial charge >= 0.3 is 0 Å². The van der Waals surface area contributed by atoms with Crippen molar-refractivity contribution >= 4 is 22.9 Å². The third kappa shape index (κ3) is 3.86. The lowest BCUT2D eigenvalue weighted by Crippen LogP contribution is -2.39. The van der Waals surface area contributed by atoms with Crippen molar-refractivity contribution < 1.29 is 4.79 Å². The fourth-order valence-corrected chi connectivity index (χ4v) is 4.09. The van der Waals surface area contributed by atoms with Gasteiger partial charge in [0.15, 0.2) is 0 Å². The number of nitrogens with one attached hydrogen (secondary N) is 1. The molecule has 0 bridgehead atoms. The number of anilines is 1. The summed E-state index contributed by atoms with van der Waals surface area (Å²) in [5, 5.41) is 7.37. The van der Waals surface area contributed by atoms with Crippen molar-refractivity contribution in [3.05, 3.63) is 54.7 Å². The van der Waals surface area contributed by atoms with Gasteiger partial charge in [-0.3, -0.25) is 9.48 Å². The Labute approximate surface area is 179 Å². The van der Waals surface area contributed by atoms with Crippen molar-refractivity contribution in [2.75, 3.05) is 18.0 Å². The van der Waals surface area contributed by atoms with Gasteiger partial charge in [0.05, 0.1) is 22.9 Å². The second-order valence-electron chi connectivity index (χ2n) is 7.88. The maximum Gasteiger partial charge on any atom is 0.240 e. The SMILES string of the molecule is Cc1nc2ccccc2n1CC(=O)NC1CCN(c2nccc(-c3cnn(C)c3)n2)C1. The molecule has 0 aliphatic carbocycles. The normalized spacial score (nSPS) is 16.2. The van der Waals surface area contributed by atoms with E-state index in [4.69, 9.17) is 4.98 Å². The van der Waals surface area contributed by atoms with Crippen LogP contribution in [0.15, 0.2) is 48.9 Å². The van der Waals surface area contributed by atoms with Gasteiger partial charge < -0.3 is 14.8 Å². The van der Waals surface area contributed by atoms with Gasteiger partial charge in [0.25, 0.3) is 0 Å². The van der Waals surface area contributed by atoms with Crippen LogP contribution in [0.25, 0.3) is 22.3 Å². The molecule has 1 N–H and O–H groups in total. The average Bonchev–Trinajstić information content (AvgIpc) is 3.48. The topological polar surface area (TPSA) is 93.8 Å². The van der Waals surface area contributed by atoms with Crippen LogP contribution >= 0.6 is 0 Å². The van der Waals surface area contributed by atoms with Crippen molar-refractivity contribution in [1.82, 2.24) is 34.6 Å². The first kappa shape index (κ1) is 19.2. The van der Waals surface area contributed by atoms with E-state index in [9.17, 15) is 4.79 Å². The monoisotopic (exact) mass is 416 g/mol. The zero-order valence-corrected chi connectivity index (χ0v) is 17.6. The summed E-state index contributed by atoms with van der Waals surface area (Å²) in [6, 6.07) is 9.82. The number of carbonyl (C=O) groups is 1. The number of hydrogen-bond acceptors (Lipinski definition) is 6. The molecular weight excluding hydrogens is 392 g/mol. The molecule has 1 saturated heterocycles. The van der Waals surface area contributed by atoms with Crippen molar-refractivity contribution in [3.8, 4) is 11.3 Å². The minimum absolute atomic E-state index is 0.0110. The molecule has 0 saturated carbocycles. The van der Waals surface area contributed by atoms with E-state index in [1.165, 1.54) is 0 Å². The van der Waals surface area contributed by atoms with Crippen molar-refractivity contribution in [3.63, 3.8) is 0 Å². The Kier molecular flexibility index (Phi) is 4.85. The molecule has 1 aliphatic heterocycles. The number of para-hydroxylation sites is 2. The summed E-state index contributed by atoms with van der Waals surface area (Å²) in [5.41, 5.74) is 3.68. The number of imidazole rings is 1. The summed E-state index contributed by atoms with van der Waals surface area (Å²) in [7, 11) is 1.88. The predicted molar refractivity (Wildman–Crippen MR) is 117 cm³/mol. The van der Waals surface area contributed by atoms with Crippen LogP contribution in [0.4, 0.5) is 5.95 Å². The minimum atomic E-state index is -0.0110. The van der Waals surface area contributed by atoms with Crippen LogP contribution in [0.3, 0.4) is 0 Å². The van der Waals surface area contributed by atoms with Gasteiger partial charge in [-0.2, -0.15) is 5.10 Å². The molecule has 1 aliphatic rings. The molecule has 1 unspecified atom stereocenters. The van der Waals surface area contributed by atoms with E-state index in [1.807, 2.05) is 55.1 Å². The van der Waals surface area contributed by atoms with Crippen LogP contribution in [0, 0.1) is 6.92 Å². The quantitative estimate of drug-likeness (QED) is 0.534. The number of hydrogen-bond donors (Lipinski definition) is 1. The minimum Gasteiger partial charge on any atom is -0.350 e. The largest absolute Gasteiger partial charge is 0.350 e. The standard InChI is InChI=1S/C22H24N8O/c1-15-25-19-5-3-4-6-20(19)30(15)14-21(31)26-17-8-10-29(13-17)22-23-9-7-18(27-22)16-11-24-28(2)12-16/h3-7,9,11-12,17H,8,10,13-14H2,1-2H3,(H,26,31). The molecule has 0 spiro atoms. The molecular formula is C22H24N8O. The maximum absolute atomic E-state index is 12.7. The molecule has 31 heavy (non-hydrogen) atoms. The van der Waals surface area contributed by atoms with Crippen molar-refractivity contribution in [2.45, 2.75) is 25.9 Å². The number of fused-ring (bicyclic) bond motifs is 1. The first-order chi connectivity index (χ1) is 15.1. The lowest BCUT2D eigenvalue weighted by molar-refractivity contribution is -0.122. The number of carbonyl (C=O) groups excluding carboxylic acids is 1. The number of nitrogens with zero attached hydrogens (tertiary/aromatic N) is 7. The number of aromatic nitrogens is 6. The summed E-state index contributed by atoms with van der Waals surface area (Å²) < 4.78 is 3.71. The van der Waals surface area contributed by atoms with Crippen LogP contribution in [0.1, 0.15) is 12.2 Å². The molecule has 158 valence electrons. The Morgan fingerprint density at radius 2 is 2.10 bits per heavy atom. The molecule has 1 amide bonds. The van der Waals surface area contributed by atoms with Crippen LogP contribution < -0.4 is 10.2 Å². The molecule has 0 radical (unpaired) electrons. The third-order valence-electron chi connectivity index (χ3n) is 5.63. The average molecular weight is 416 g/mol. The van der Waals surface area contributed by atoms with E-state index >= 15 is 0 Å². The first-order valence-corrected chi connectivity index (χ1v) is 10.3. The number of aryl methyl sites for hydroxylation is 2. The maximum atomic E-state index is 12.7. The van der Waals surface area contributed by atoms with Gasteiger partial charge in [-0.15, -0.1) is 0 Å². The zero-order valence-electron chi connectivity index (χ0n) is 17.6. The summed E-state index contributed by atoms with van der Waals surface area (Å²) in [5.74, 6) is 1.50. The van der Waals surface area contributed by atoms with Gasteiger partial charge in [-0.1, -0.05) is 12.1 Å². The predicted octanol–water partition coefficient (Wildman–Crippen LogP) is 1.93. The molecule has 3 aromatic heterocycles. The summed E-state index contributed by atoms with van der Waals surface area (Å²) in [6.07, 6.45) is 6.35. The van der Waals surface area contributed by atoms with Gasteiger partial charge in [-0.05, 0) is 31.5 Å². The number of amides is 1. The summed E-state index contributed by atoms with van der Waals surface area (Å²) in [6.45, 7) is 3.67. The lowest BCUT2D eigenvalue weighted by Gasteiger charge is -2.17. The summed E-state index contributed by atoms with van der Waals surface area (Å²) in [4.78, 5) is 28.5. The second kappa shape index (κ2) is 7.82. The van der Waals surface area contributed by atoms with E-state index in [0.29, 0.717) is 12.5 Å². The van der Waals surface area contributed by atoms with Crippen LogP contribution in [-0.4, -0.2) is 54.3 Å². The van der Waals surface area contributed by atoms with Gasteiger partial charge in [-0.25, -0.2) is 15.0 Å². The van der Waals surface area contributed by atoms with Crippen molar-refractivity contribution in [2.24, 2.45) is 7.05 Å². The Bertz CT molecular complexity index is 1240.